The molecular weight excluding hydrogens is 234 g/mol. The predicted molar refractivity (Wildman–Crippen MR) is 73.6 cm³/mol. The van der Waals surface area contributed by atoms with Gasteiger partial charge in [0, 0.05) is 11.3 Å². The maximum Gasteiger partial charge on any atom is 0.320 e. The first-order valence-corrected chi connectivity index (χ1v) is 7.75. The highest BCUT2D eigenvalue weighted by Crippen LogP contribution is 2.28. The molecule has 0 aromatic heterocycles. The van der Waals surface area contributed by atoms with Gasteiger partial charge in [0.05, 0.1) is 0 Å². The number of aliphatic carboxylic acids is 1. The Kier molecular flexibility index (Phi) is 6.97. The minimum Gasteiger partial charge on any atom is -0.480 e. The molecule has 0 aromatic rings. The molecule has 1 saturated carbocycles. The van der Waals surface area contributed by atoms with E-state index < -0.39 is 5.97 Å². The third-order valence-electron chi connectivity index (χ3n) is 3.14. The summed E-state index contributed by atoms with van der Waals surface area (Å²) in [5.41, 5.74) is 0. The van der Waals surface area contributed by atoms with Crippen LogP contribution in [0.2, 0.25) is 0 Å². The topological polar surface area (TPSA) is 49.3 Å². The van der Waals surface area contributed by atoms with Gasteiger partial charge < -0.3 is 10.4 Å². The smallest absolute Gasteiger partial charge is 0.320 e. The lowest BCUT2D eigenvalue weighted by molar-refractivity contribution is -0.139. The zero-order valence-corrected chi connectivity index (χ0v) is 11.8. The van der Waals surface area contributed by atoms with Crippen LogP contribution in [0.1, 0.15) is 52.4 Å². The van der Waals surface area contributed by atoms with E-state index in [4.69, 9.17) is 5.11 Å². The van der Waals surface area contributed by atoms with Gasteiger partial charge >= 0.3 is 5.97 Å². The van der Waals surface area contributed by atoms with Gasteiger partial charge in [-0.15, -0.1) is 0 Å². The van der Waals surface area contributed by atoms with Gasteiger partial charge in [-0.3, -0.25) is 4.79 Å². The van der Waals surface area contributed by atoms with E-state index >= 15 is 0 Å². The van der Waals surface area contributed by atoms with Gasteiger partial charge in [-0.2, -0.15) is 11.8 Å². The highest BCUT2D eigenvalue weighted by Gasteiger charge is 2.19. The Morgan fingerprint density at radius 2 is 2.00 bits per heavy atom. The molecule has 100 valence electrons. The van der Waals surface area contributed by atoms with Crippen LogP contribution in [-0.2, 0) is 4.79 Å². The number of hydrogen-bond acceptors (Lipinski definition) is 3. The van der Waals surface area contributed by atoms with Crippen molar-refractivity contribution in [1.29, 1.82) is 0 Å². The summed E-state index contributed by atoms with van der Waals surface area (Å²) >= 11 is 1.97. The minimum absolute atomic E-state index is 0.232. The Bertz CT molecular complexity index is 227. The lowest BCUT2D eigenvalue weighted by Crippen LogP contribution is -2.41. The normalized spacial score (nSPS) is 19.5. The van der Waals surface area contributed by atoms with Crippen molar-refractivity contribution in [1.82, 2.24) is 5.32 Å². The Morgan fingerprint density at radius 3 is 2.53 bits per heavy atom. The number of rotatable bonds is 7. The van der Waals surface area contributed by atoms with Gasteiger partial charge in [-0.1, -0.05) is 33.1 Å². The van der Waals surface area contributed by atoms with Gasteiger partial charge in [0.15, 0.2) is 0 Å². The van der Waals surface area contributed by atoms with E-state index in [0.717, 1.165) is 17.4 Å². The summed E-state index contributed by atoms with van der Waals surface area (Å²) in [6.07, 6.45) is 7.45. The molecule has 0 amide bonds. The second-order valence-corrected chi connectivity index (χ2v) is 6.54. The second kappa shape index (κ2) is 7.98. The van der Waals surface area contributed by atoms with E-state index in [1.165, 1.54) is 32.1 Å². The highest BCUT2D eigenvalue weighted by atomic mass is 32.2. The molecular formula is C13H25NO2S. The van der Waals surface area contributed by atoms with E-state index in [0.29, 0.717) is 0 Å². The van der Waals surface area contributed by atoms with E-state index in [1.807, 2.05) is 25.6 Å². The molecule has 17 heavy (non-hydrogen) atoms. The van der Waals surface area contributed by atoms with Crippen LogP contribution in [-0.4, -0.2) is 34.2 Å². The molecule has 0 heterocycles. The average Bonchev–Trinajstić information content (AvgIpc) is 2.28. The van der Waals surface area contributed by atoms with Crippen LogP contribution >= 0.6 is 11.8 Å². The van der Waals surface area contributed by atoms with Crippen LogP contribution < -0.4 is 5.32 Å². The fourth-order valence-corrected chi connectivity index (χ4v) is 3.64. The molecule has 1 atom stereocenters. The lowest BCUT2D eigenvalue weighted by Gasteiger charge is -2.22. The van der Waals surface area contributed by atoms with Crippen molar-refractivity contribution >= 4 is 17.7 Å². The highest BCUT2D eigenvalue weighted by molar-refractivity contribution is 7.99. The van der Waals surface area contributed by atoms with Crippen molar-refractivity contribution in [3.8, 4) is 0 Å². The number of carboxylic acid groups (broad SMARTS) is 1. The van der Waals surface area contributed by atoms with Crippen LogP contribution in [0.3, 0.4) is 0 Å². The summed E-state index contributed by atoms with van der Waals surface area (Å²) in [4.78, 5) is 11.0. The van der Waals surface area contributed by atoms with Crippen LogP contribution in [0.25, 0.3) is 0 Å². The van der Waals surface area contributed by atoms with Crippen molar-refractivity contribution in [3.05, 3.63) is 0 Å². The summed E-state index contributed by atoms with van der Waals surface area (Å²) in [6.45, 7) is 3.98. The molecule has 1 fully saturated rings. The molecule has 0 aromatic carbocycles. The van der Waals surface area contributed by atoms with Crippen molar-refractivity contribution < 1.29 is 9.90 Å². The molecule has 1 aliphatic carbocycles. The maximum absolute atomic E-state index is 11.0. The molecule has 1 rings (SSSR count). The minimum atomic E-state index is -0.719. The largest absolute Gasteiger partial charge is 0.480 e. The molecule has 2 N–H and O–H groups in total. The Labute approximate surface area is 109 Å². The van der Waals surface area contributed by atoms with Crippen molar-refractivity contribution in [2.75, 3.05) is 5.75 Å². The number of thioether (sulfide) groups is 1. The van der Waals surface area contributed by atoms with E-state index in [-0.39, 0.29) is 12.1 Å². The molecule has 0 aliphatic heterocycles. The van der Waals surface area contributed by atoms with Crippen molar-refractivity contribution in [2.45, 2.75) is 69.7 Å². The molecule has 1 unspecified atom stereocenters. The van der Waals surface area contributed by atoms with Gasteiger partial charge in [-0.25, -0.2) is 0 Å². The molecule has 0 bridgehead atoms. The van der Waals surface area contributed by atoms with Crippen molar-refractivity contribution in [3.63, 3.8) is 0 Å². The monoisotopic (exact) mass is 259 g/mol. The summed E-state index contributed by atoms with van der Waals surface area (Å²) in [5, 5.41) is 13.0. The van der Waals surface area contributed by atoms with E-state index in [1.54, 1.807) is 0 Å². The zero-order valence-electron chi connectivity index (χ0n) is 10.9. The molecule has 1 aliphatic rings. The number of carbonyl (C=O) groups is 1. The quantitative estimate of drug-likeness (QED) is 0.738. The average molecular weight is 259 g/mol. The molecule has 3 nitrogen and oxygen atoms in total. The third kappa shape index (κ3) is 6.32. The third-order valence-corrected chi connectivity index (χ3v) is 4.56. The predicted octanol–water partition coefficient (Wildman–Crippen LogP) is 2.89. The van der Waals surface area contributed by atoms with Gasteiger partial charge in [0.2, 0.25) is 0 Å². The summed E-state index contributed by atoms with van der Waals surface area (Å²) in [6, 6.07) is -0.151. The first-order valence-electron chi connectivity index (χ1n) is 6.70. The SMILES string of the molecule is CC(C)NC(CCSC1CCCCC1)C(=O)O. The molecule has 0 spiro atoms. The first kappa shape index (κ1) is 14.8. The Morgan fingerprint density at radius 1 is 1.35 bits per heavy atom. The molecule has 4 heteroatoms. The molecule has 0 radical (unpaired) electrons. The van der Waals surface area contributed by atoms with Crippen LogP contribution in [0, 0.1) is 0 Å². The summed E-state index contributed by atoms with van der Waals surface area (Å²) < 4.78 is 0. The van der Waals surface area contributed by atoms with Gasteiger partial charge in [0.1, 0.15) is 6.04 Å². The number of hydrogen-bond donors (Lipinski definition) is 2. The maximum atomic E-state index is 11.0. The van der Waals surface area contributed by atoms with E-state index in [2.05, 4.69) is 5.32 Å². The van der Waals surface area contributed by atoms with E-state index in [9.17, 15) is 4.79 Å². The second-order valence-electron chi connectivity index (χ2n) is 5.13. The zero-order chi connectivity index (χ0) is 12.7. The lowest BCUT2D eigenvalue weighted by atomic mass is 10.0. The molecule has 0 saturated heterocycles. The van der Waals surface area contributed by atoms with Gasteiger partial charge in [0.25, 0.3) is 0 Å². The Hall–Kier alpha value is -0.220. The first-order chi connectivity index (χ1) is 8.09. The number of carboxylic acids is 1. The van der Waals surface area contributed by atoms with Crippen molar-refractivity contribution in [2.24, 2.45) is 0 Å². The Balaban J connectivity index is 2.19. The fourth-order valence-electron chi connectivity index (χ4n) is 2.26. The fraction of sp³-hybridized carbons (Fsp3) is 0.923. The van der Waals surface area contributed by atoms with Crippen LogP contribution in [0.5, 0.6) is 0 Å². The summed E-state index contributed by atoms with van der Waals surface area (Å²) in [7, 11) is 0. The van der Waals surface area contributed by atoms with Crippen LogP contribution in [0.4, 0.5) is 0 Å². The standard InChI is InChI=1S/C13H25NO2S/c1-10(2)14-12(13(15)16)8-9-17-11-6-4-3-5-7-11/h10-12,14H,3-9H2,1-2H3,(H,15,16). The van der Waals surface area contributed by atoms with Crippen LogP contribution in [0.15, 0.2) is 0 Å². The summed E-state index contributed by atoms with van der Waals surface area (Å²) in [5.74, 6) is 0.240. The number of nitrogens with one attached hydrogen (secondary N) is 1. The van der Waals surface area contributed by atoms with Gasteiger partial charge in [-0.05, 0) is 25.0 Å².